The number of ether oxygens (including phenoxy) is 1. The van der Waals surface area contributed by atoms with Crippen LogP contribution in [0.25, 0.3) is 0 Å². The lowest BCUT2D eigenvalue weighted by molar-refractivity contribution is -0.137. The molecule has 1 aromatic carbocycles. The van der Waals surface area contributed by atoms with Gasteiger partial charge in [-0.15, -0.1) is 0 Å². The number of benzene rings is 1. The number of alkyl halides is 3. The molecule has 0 aliphatic carbocycles. The average Bonchev–Trinajstić information content (AvgIpc) is 2.54. The van der Waals surface area contributed by atoms with Gasteiger partial charge in [0.25, 0.3) is 11.5 Å². The van der Waals surface area contributed by atoms with Crippen molar-refractivity contribution in [3.8, 4) is 5.75 Å². The van der Waals surface area contributed by atoms with Crippen LogP contribution in [0.3, 0.4) is 0 Å². The summed E-state index contributed by atoms with van der Waals surface area (Å²) in [7, 11) is 2.80. The maximum absolute atomic E-state index is 12.7. The van der Waals surface area contributed by atoms with Crippen molar-refractivity contribution >= 4 is 5.91 Å². The van der Waals surface area contributed by atoms with Gasteiger partial charge in [0, 0.05) is 25.9 Å². The number of carbonyl (C=O) groups excluding carboxylic acids is 1. The Morgan fingerprint density at radius 1 is 1.29 bits per heavy atom. The first kappa shape index (κ1) is 17.6. The molecule has 0 unspecified atom stereocenters. The molecule has 0 aliphatic rings. The maximum Gasteiger partial charge on any atom is 0.416 e. The van der Waals surface area contributed by atoms with Crippen molar-refractivity contribution in [1.29, 1.82) is 0 Å². The van der Waals surface area contributed by atoms with E-state index in [0.717, 1.165) is 12.1 Å². The Hall–Kier alpha value is -2.77. The number of nitrogens with one attached hydrogen (secondary N) is 1. The van der Waals surface area contributed by atoms with Crippen LogP contribution in [0, 0.1) is 0 Å². The van der Waals surface area contributed by atoms with Gasteiger partial charge in [-0.3, -0.25) is 9.59 Å². The van der Waals surface area contributed by atoms with Gasteiger partial charge in [0.05, 0.1) is 18.2 Å². The van der Waals surface area contributed by atoms with E-state index in [1.54, 1.807) is 0 Å². The molecule has 8 heteroatoms. The molecular formula is C16H15F3N2O3. The summed E-state index contributed by atoms with van der Waals surface area (Å²) < 4.78 is 44.2. The van der Waals surface area contributed by atoms with Gasteiger partial charge in [0.15, 0.2) is 0 Å². The summed E-state index contributed by atoms with van der Waals surface area (Å²) in [5.74, 6) is -0.459. The fourth-order valence-electron chi connectivity index (χ4n) is 2.09. The van der Waals surface area contributed by atoms with Crippen molar-refractivity contribution < 1.29 is 22.7 Å². The topological polar surface area (TPSA) is 60.3 Å². The number of hydrogen-bond donors (Lipinski definition) is 1. The summed E-state index contributed by atoms with van der Waals surface area (Å²) in [5.41, 5.74) is -0.705. The number of methoxy groups -OCH3 is 1. The number of aryl methyl sites for hydroxylation is 1. The predicted octanol–water partition coefficient (Wildman–Crippen LogP) is 2.34. The van der Waals surface area contributed by atoms with Gasteiger partial charge in [-0.05, 0) is 17.7 Å². The van der Waals surface area contributed by atoms with Gasteiger partial charge in [0.1, 0.15) is 5.75 Å². The van der Waals surface area contributed by atoms with Crippen molar-refractivity contribution in [2.75, 3.05) is 7.11 Å². The van der Waals surface area contributed by atoms with E-state index >= 15 is 0 Å². The number of pyridine rings is 1. The SMILES string of the molecule is COc1cc(=O)n(C)cc1C(=O)NCc1cccc(C(F)(F)F)c1. The highest BCUT2D eigenvalue weighted by Gasteiger charge is 2.30. The summed E-state index contributed by atoms with van der Waals surface area (Å²) in [6.45, 7) is -0.0885. The van der Waals surface area contributed by atoms with Crippen molar-refractivity contribution in [1.82, 2.24) is 9.88 Å². The van der Waals surface area contributed by atoms with E-state index < -0.39 is 17.6 Å². The molecule has 2 aromatic rings. The van der Waals surface area contributed by atoms with Gasteiger partial charge < -0.3 is 14.6 Å². The second kappa shape index (κ2) is 6.77. The summed E-state index contributed by atoms with van der Waals surface area (Å²) in [6, 6.07) is 5.85. The number of rotatable bonds is 4. The Bertz CT molecular complexity index is 813. The van der Waals surface area contributed by atoms with E-state index in [2.05, 4.69) is 5.32 Å². The molecule has 2 rings (SSSR count). The van der Waals surface area contributed by atoms with Gasteiger partial charge in [-0.25, -0.2) is 0 Å². The van der Waals surface area contributed by atoms with Crippen LogP contribution in [-0.2, 0) is 19.8 Å². The molecule has 1 amide bonds. The van der Waals surface area contributed by atoms with Crippen LogP contribution >= 0.6 is 0 Å². The second-order valence-corrected chi connectivity index (χ2v) is 5.09. The first-order chi connectivity index (χ1) is 11.2. The first-order valence-corrected chi connectivity index (χ1v) is 6.91. The van der Waals surface area contributed by atoms with Gasteiger partial charge >= 0.3 is 6.18 Å². The zero-order chi connectivity index (χ0) is 17.9. The van der Waals surface area contributed by atoms with Crippen molar-refractivity contribution in [2.24, 2.45) is 7.05 Å². The predicted molar refractivity (Wildman–Crippen MR) is 80.8 cm³/mol. The van der Waals surface area contributed by atoms with Crippen LogP contribution in [-0.4, -0.2) is 17.6 Å². The summed E-state index contributed by atoms with van der Waals surface area (Å²) >= 11 is 0. The standard InChI is InChI=1S/C16H15F3N2O3/c1-21-9-12(13(24-2)7-14(21)22)15(23)20-8-10-4-3-5-11(6-10)16(17,18)19/h3-7,9H,8H2,1-2H3,(H,20,23). The van der Waals surface area contributed by atoms with Gasteiger partial charge in [0.2, 0.25) is 0 Å². The minimum Gasteiger partial charge on any atom is -0.496 e. The van der Waals surface area contributed by atoms with E-state index in [9.17, 15) is 22.8 Å². The summed E-state index contributed by atoms with van der Waals surface area (Å²) in [4.78, 5) is 23.7. The quantitative estimate of drug-likeness (QED) is 0.929. The fourth-order valence-corrected chi connectivity index (χ4v) is 2.09. The molecule has 0 saturated carbocycles. The summed E-state index contributed by atoms with van der Waals surface area (Å²) in [5, 5.41) is 2.51. The Kier molecular flexibility index (Phi) is 4.96. The van der Waals surface area contributed by atoms with Crippen molar-refractivity contribution in [3.05, 3.63) is 63.6 Å². The van der Waals surface area contributed by atoms with Gasteiger partial charge in [-0.1, -0.05) is 12.1 Å². The Balaban J connectivity index is 2.17. The Morgan fingerprint density at radius 2 is 2.00 bits per heavy atom. The van der Waals surface area contributed by atoms with E-state index in [1.807, 2.05) is 0 Å². The van der Waals surface area contributed by atoms with Crippen molar-refractivity contribution in [3.63, 3.8) is 0 Å². The Labute approximate surface area is 135 Å². The van der Waals surface area contributed by atoms with Crippen LogP contribution in [0.4, 0.5) is 13.2 Å². The zero-order valence-corrected chi connectivity index (χ0v) is 13.0. The molecule has 0 bridgehead atoms. The Morgan fingerprint density at radius 3 is 2.62 bits per heavy atom. The minimum absolute atomic E-state index is 0.0885. The zero-order valence-electron chi connectivity index (χ0n) is 13.0. The molecular weight excluding hydrogens is 325 g/mol. The van der Waals surface area contributed by atoms with Gasteiger partial charge in [-0.2, -0.15) is 13.2 Å². The van der Waals surface area contributed by atoms with E-state index in [4.69, 9.17) is 4.74 Å². The average molecular weight is 340 g/mol. The third-order valence-electron chi connectivity index (χ3n) is 3.36. The van der Waals surface area contributed by atoms with E-state index in [-0.39, 0.29) is 23.4 Å². The third kappa shape index (κ3) is 3.95. The highest BCUT2D eigenvalue weighted by atomic mass is 19.4. The van der Waals surface area contributed by atoms with E-state index in [1.165, 1.54) is 43.1 Å². The number of amides is 1. The lowest BCUT2D eigenvalue weighted by Gasteiger charge is -2.12. The van der Waals surface area contributed by atoms with Crippen molar-refractivity contribution in [2.45, 2.75) is 12.7 Å². The maximum atomic E-state index is 12.7. The highest BCUT2D eigenvalue weighted by Crippen LogP contribution is 2.29. The summed E-state index contributed by atoms with van der Waals surface area (Å²) in [6.07, 6.45) is -3.14. The normalized spacial score (nSPS) is 11.2. The number of nitrogens with zero attached hydrogens (tertiary/aromatic N) is 1. The molecule has 0 atom stereocenters. The lowest BCUT2D eigenvalue weighted by Crippen LogP contribution is -2.26. The largest absolute Gasteiger partial charge is 0.496 e. The molecule has 1 N–H and O–H groups in total. The lowest BCUT2D eigenvalue weighted by atomic mass is 10.1. The molecule has 0 aliphatic heterocycles. The fraction of sp³-hybridized carbons (Fsp3) is 0.250. The monoisotopic (exact) mass is 340 g/mol. The highest BCUT2D eigenvalue weighted by molar-refractivity contribution is 5.96. The second-order valence-electron chi connectivity index (χ2n) is 5.09. The molecule has 0 fully saturated rings. The smallest absolute Gasteiger partial charge is 0.416 e. The van der Waals surface area contributed by atoms with Crippen LogP contribution < -0.4 is 15.6 Å². The van der Waals surface area contributed by atoms with Crippen LogP contribution in [0.2, 0.25) is 0 Å². The molecule has 1 heterocycles. The molecule has 5 nitrogen and oxygen atoms in total. The van der Waals surface area contributed by atoms with Crippen LogP contribution in [0.1, 0.15) is 21.5 Å². The first-order valence-electron chi connectivity index (χ1n) is 6.91. The van der Waals surface area contributed by atoms with E-state index in [0.29, 0.717) is 5.56 Å². The molecule has 0 spiro atoms. The third-order valence-corrected chi connectivity index (χ3v) is 3.36. The molecule has 1 aromatic heterocycles. The number of halogens is 3. The molecule has 128 valence electrons. The molecule has 0 radical (unpaired) electrons. The number of aromatic nitrogens is 1. The molecule has 24 heavy (non-hydrogen) atoms. The number of hydrogen-bond acceptors (Lipinski definition) is 3. The number of carbonyl (C=O) groups is 1. The van der Waals surface area contributed by atoms with Crippen LogP contribution in [0.15, 0.2) is 41.3 Å². The minimum atomic E-state index is -4.44. The van der Waals surface area contributed by atoms with Crippen LogP contribution in [0.5, 0.6) is 5.75 Å². The molecule has 0 saturated heterocycles.